The third-order valence-corrected chi connectivity index (χ3v) is 7.12. The second kappa shape index (κ2) is 9.34. The molecule has 0 saturated heterocycles. The van der Waals surface area contributed by atoms with Crippen LogP contribution in [0.2, 0.25) is 10.0 Å². The van der Waals surface area contributed by atoms with Crippen molar-refractivity contribution in [1.82, 2.24) is 9.97 Å². The van der Waals surface area contributed by atoms with Gasteiger partial charge in [-0.05, 0) is 18.2 Å². The molecule has 1 aliphatic heterocycles. The van der Waals surface area contributed by atoms with E-state index < -0.39 is 11.9 Å². The molecule has 3 heterocycles. The Labute approximate surface area is 218 Å². The molecule has 0 aliphatic carbocycles. The van der Waals surface area contributed by atoms with Crippen molar-refractivity contribution in [3.63, 3.8) is 0 Å². The van der Waals surface area contributed by atoms with E-state index in [9.17, 15) is 9.59 Å². The summed E-state index contributed by atoms with van der Waals surface area (Å²) in [5, 5.41) is 6.62. The second-order valence-electron chi connectivity index (χ2n) is 7.41. The lowest BCUT2D eigenvalue weighted by Gasteiger charge is -2.28. The standard InChI is InChI=1S/C23H17Cl2N5O5S/c1-33-14-5-4-10(6-16(14)35-3)28-21(31)19-18-17-20(26-9-27-22(17)36-19)30(23(32)29-18)13-8-15(34-2)12(25)7-11(13)24/h4-9H,1-3H3,(H,28,31)(H,29,32). The van der Waals surface area contributed by atoms with Crippen molar-refractivity contribution < 1.29 is 23.8 Å². The second-order valence-corrected chi connectivity index (χ2v) is 9.22. The lowest BCUT2D eigenvalue weighted by atomic mass is 10.2. The highest BCUT2D eigenvalue weighted by Crippen LogP contribution is 2.47. The van der Waals surface area contributed by atoms with E-state index in [4.69, 9.17) is 37.4 Å². The number of hydrogen-bond acceptors (Lipinski definition) is 8. The number of halogens is 2. The van der Waals surface area contributed by atoms with Gasteiger partial charge in [0.2, 0.25) is 0 Å². The van der Waals surface area contributed by atoms with Crippen molar-refractivity contribution in [2.24, 2.45) is 0 Å². The quantitative estimate of drug-likeness (QED) is 0.307. The maximum absolute atomic E-state index is 13.3. The molecule has 2 aromatic carbocycles. The van der Waals surface area contributed by atoms with Gasteiger partial charge in [0.15, 0.2) is 17.3 Å². The Balaban J connectivity index is 1.57. The highest BCUT2D eigenvalue weighted by molar-refractivity contribution is 7.21. The van der Waals surface area contributed by atoms with E-state index in [0.717, 1.165) is 11.3 Å². The zero-order valence-corrected chi connectivity index (χ0v) is 21.3. The average molecular weight is 546 g/mol. The Morgan fingerprint density at radius 3 is 2.47 bits per heavy atom. The van der Waals surface area contributed by atoms with E-state index in [1.165, 1.54) is 38.6 Å². The van der Waals surface area contributed by atoms with Gasteiger partial charge in [0.25, 0.3) is 5.91 Å². The predicted octanol–water partition coefficient (Wildman–Crippen LogP) is 5.96. The van der Waals surface area contributed by atoms with Gasteiger partial charge in [-0.1, -0.05) is 23.2 Å². The number of rotatable bonds is 6. The van der Waals surface area contributed by atoms with Crippen molar-refractivity contribution in [2.75, 3.05) is 36.9 Å². The van der Waals surface area contributed by atoms with Gasteiger partial charge in [-0.25, -0.2) is 19.7 Å². The van der Waals surface area contributed by atoms with Gasteiger partial charge in [0, 0.05) is 17.8 Å². The molecule has 36 heavy (non-hydrogen) atoms. The largest absolute Gasteiger partial charge is 0.495 e. The van der Waals surface area contributed by atoms with Crippen molar-refractivity contribution >= 4 is 79.6 Å². The summed E-state index contributed by atoms with van der Waals surface area (Å²) in [6.45, 7) is 0. The molecular weight excluding hydrogens is 529 g/mol. The molecule has 0 spiro atoms. The Hall–Kier alpha value is -3.80. The Kier molecular flexibility index (Phi) is 6.20. The van der Waals surface area contributed by atoms with Crippen LogP contribution in [0.5, 0.6) is 17.2 Å². The van der Waals surface area contributed by atoms with Crippen LogP contribution in [0.1, 0.15) is 9.67 Å². The number of methoxy groups -OCH3 is 3. The van der Waals surface area contributed by atoms with Crippen molar-refractivity contribution in [3.8, 4) is 17.2 Å². The van der Waals surface area contributed by atoms with Gasteiger partial charge in [0.05, 0.1) is 48.1 Å². The molecule has 1 aliphatic rings. The molecule has 13 heteroatoms. The van der Waals surface area contributed by atoms with E-state index >= 15 is 0 Å². The number of anilines is 4. The number of ether oxygens (including phenoxy) is 3. The summed E-state index contributed by atoms with van der Waals surface area (Å²) in [7, 11) is 4.48. The van der Waals surface area contributed by atoms with Crippen molar-refractivity contribution in [3.05, 3.63) is 51.6 Å². The molecule has 4 aromatic rings. The molecule has 2 N–H and O–H groups in total. The number of thiophene rings is 1. The first-order valence-electron chi connectivity index (χ1n) is 10.3. The summed E-state index contributed by atoms with van der Waals surface area (Å²) in [5.41, 5.74) is 1.10. The number of urea groups is 1. The molecule has 0 atom stereocenters. The zero-order chi connectivity index (χ0) is 25.6. The van der Waals surface area contributed by atoms with Crippen LogP contribution in [-0.4, -0.2) is 43.2 Å². The fraction of sp³-hybridized carbons (Fsp3) is 0.130. The van der Waals surface area contributed by atoms with E-state index in [2.05, 4.69) is 20.6 Å². The molecule has 2 aromatic heterocycles. The first-order valence-corrected chi connectivity index (χ1v) is 11.9. The molecule has 0 saturated carbocycles. The third kappa shape index (κ3) is 3.91. The fourth-order valence-electron chi connectivity index (χ4n) is 3.80. The minimum Gasteiger partial charge on any atom is -0.495 e. The van der Waals surface area contributed by atoms with Crippen molar-refractivity contribution in [1.29, 1.82) is 0 Å². The monoisotopic (exact) mass is 545 g/mol. The zero-order valence-electron chi connectivity index (χ0n) is 19.0. The number of carbonyl (C=O) groups excluding carboxylic acids is 2. The van der Waals surface area contributed by atoms with E-state index in [0.29, 0.717) is 49.5 Å². The van der Waals surface area contributed by atoms with Crippen LogP contribution in [0.3, 0.4) is 0 Å². The van der Waals surface area contributed by atoms with E-state index in [1.54, 1.807) is 24.3 Å². The SMILES string of the molecule is COc1cc(N2C(=O)Nc3c(C(=O)Nc4ccc(OC)c(OC)c4)sc4ncnc2c34)c(Cl)cc1Cl. The number of nitrogens with one attached hydrogen (secondary N) is 2. The first kappa shape index (κ1) is 23.9. The molecule has 0 radical (unpaired) electrons. The average Bonchev–Trinajstić information content (AvgIpc) is 3.24. The number of nitrogens with zero attached hydrogens (tertiary/aromatic N) is 3. The van der Waals surface area contributed by atoms with Crippen LogP contribution in [0.15, 0.2) is 36.7 Å². The molecule has 0 unspecified atom stereocenters. The molecule has 10 nitrogen and oxygen atoms in total. The highest BCUT2D eigenvalue weighted by atomic mass is 35.5. The first-order chi connectivity index (χ1) is 17.4. The van der Waals surface area contributed by atoms with Crippen molar-refractivity contribution in [2.45, 2.75) is 0 Å². The molecular formula is C23H17Cl2N5O5S. The summed E-state index contributed by atoms with van der Waals surface area (Å²) < 4.78 is 15.8. The third-order valence-electron chi connectivity index (χ3n) is 5.42. The minimum atomic E-state index is -0.563. The summed E-state index contributed by atoms with van der Waals surface area (Å²) in [4.78, 5) is 37.2. The predicted molar refractivity (Wildman–Crippen MR) is 139 cm³/mol. The molecule has 0 bridgehead atoms. The molecule has 3 amide bonds. The van der Waals surface area contributed by atoms with Crippen LogP contribution in [0.25, 0.3) is 10.2 Å². The van der Waals surface area contributed by atoms with Crippen LogP contribution in [0, 0.1) is 0 Å². The van der Waals surface area contributed by atoms with Crippen LogP contribution in [0.4, 0.5) is 27.7 Å². The van der Waals surface area contributed by atoms with E-state index in [1.807, 2.05) is 0 Å². The maximum Gasteiger partial charge on any atom is 0.332 e. The Morgan fingerprint density at radius 1 is 1.00 bits per heavy atom. The van der Waals surface area contributed by atoms with Gasteiger partial charge in [-0.3, -0.25) is 4.79 Å². The summed E-state index contributed by atoms with van der Waals surface area (Å²) in [5.74, 6) is 1.15. The van der Waals surface area contributed by atoms with Gasteiger partial charge in [0.1, 0.15) is 21.8 Å². The minimum absolute atomic E-state index is 0.216. The van der Waals surface area contributed by atoms with Gasteiger partial charge < -0.3 is 24.8 Å². The summed E-state index contributed by atoms with van der Waals surface area (Å²) in [6.07, 6.45) is 1.32. The van der Waals surface area contributed by atoms with E-state index in [-0.39, 0.29) is 15.7 Å². The number of carbonyl (C=O) groups is 2. The topological polar surface area (TPSA) is 115 Å². The van der Waals surface area contributed by atoms with Crippen LogP contribution in [-0.2, 0) is 0 Å². The lowest BCUT2D eigenvalue weighted by Crippen LogP contribution is -2.35. The Morgan fingerprint density at radius 2 is 1.75 bits per heavy atom. The smallest absolute Gasteiger partial charge is 0.332 e. The van der Waals surface area contributed by atoms with Gasteiger partial charge in [-0.15, -0.1) is 11.3 Å². The van der Waals surface area contributed by atoms with Crippen LogP contribution < -0.4 is 29.7 Å². The number of amides is 3. The number of aromatic nitrogens is 2. The molecule has 0 fully saturated rings. The summed E-state index contributed by atoms with van der Waals surface area (Å²) >= 11 is 13.7. The highest BCUT2D eigenvalue weighted by Gasteiger charge is 2.35. The fourth-order valence-corrected chi connectivity index (χ4v) is 5.33. The van der Waals surface area contributed by atoms with Gasteiger partial charge >= 0.3 is 6.03 Å². The number of benzene rings is 2. The van der Waals surface area contributed by atoms with Crippen LogP contribution >= 0.6 is 34.5 Å². The molecule has 5 rings (SSSR count). The number of hydrogen-bond donors (Lipinski definition) is 2. The normalized spacial score (nSPS) is 12.4. The molecule has 184 valence electrons. The maximum atomic E-state index is 13.3. The summed E-state index contributed by atoms with van der Waals surface area (Å²) in [6, 6.07) is 7.45. The lowest BCUT2D eigenvalue weighted by molar-refractivity contribution is 0.103. The Bertz CT molecular complexity index is 1540. The van der Waals surface area contributed by atoms with Gasteiger partial charge in [-0.2, -0.15) is 0 Å².